The predicted molar refractivity (Wildman–Crippen MR) is 586 cm³/mol. The van der Waals surface area contributed by atoms with Crippen LogP contribution in [-0.4, -0.2) is 175 Å². The van der Waals surface area contributed by atoms with E-state index in [4.69, 9.17) is 53.6 Å². The lowest BCUT2D eigenvalue weighted by Crippen LogP contribution is -2.36. The number of primary amides is 5. The molecule has 21 rings (SSSR count). The number of benzene rings is 10. The molecule has 1 aliphatic heterocycles. The van der Waals surface area contributed by atoms with Gasteiger partial charge in [-0.2, -0.15) is 0 Å². The van der Waals surface area contributed by atoms with Gasteiger partial charge < -0.3 is 33.6 Å². The van der Waals surface area contributed by atoms with E-state index >= 15 is 0 Å². The van der Waals surface area contributed by atoms with Crippen LogP contribution in [0.4, 0.5) is 0 Å². The molecule has 0 radical (unpaired) electrons. The smallest absolute Gasteiger partial charge is 0.269 e. The van der Waals surface area contributed by atoms with Crippen molar-refractivity contribution in [3.63, 3.8) is 0 Å². The van der Waals surface area contributed by atoms with Gasteiger partial charge in [0.25, 0.3) is 29.5 Å². The van der Waals surface area contributed by atoms with E-state index in [1.54, 1.807) is 15.2 Å². The molecule has 1 saturated heterocycles. The zero-order valence-corrected chi connectivity index (χ0v) is 86.6. The Hall–Kier alpha value is -17.1. The fourth-order valence-electron chi connectivity index (χ4n) is 16.1. The number of aromatic nitrogens is 19. The van der Waals surface area contributed by atoms with Crippen molar-refractivity contribution in [1.29, 1.82) is 0 Å². The second-order valence-electron chi connectivity index (χ2n) is 34.8. The Morgan fingerprint density at radius 2 is 0.570 bits per heavy atom. The van der Waals surface area contributed by atoms with Gasteiger partial charge in [0.2, 0.25) is 5.91 Å². The monoisotopic (exact) mass is 2070 g/mol. The van der Waals surface area contributed by atoms with Crippen molar-refractivity contribution in [3.8, 4) is 85.2 Å². The van der Waals surface area contributed by atoms with E-state index in [-0.39, 0.29) is 61.6 Å². The minimum atomic E-state index is -0.706. The standard InChI is InChI=1S/C27H27N5O2S.C23H21N5O2S.C21H17N5O2S.2C20H17N5OS/c1-18-10-12-19(13-11-18)22-16-21(25(28)34)24-26(29-22)32(20-8-4-2-5-9-20)27(30-24)35-17-23(33)31-14-6-3-7-15-31;1-13(2)22(30)31-23-26-18-17(19(24)29)25-20(15-11-9-14(3)10-12-15)27-21(18)28(23)16-7-5-4-6-8-16;1-12-8-10-14(11-9-12)19-23-16(18(22)28)17-20(25-19)26(15-6-4-3-5-7-15)21(24-17)29-13(2)27;2*1-12-8-10-13(11-9-12)18-22-15(17(21)26)16-19(24-18)25(20(23-16)27-2)14-6-4-3-5-7-14/h2,4-5,8-13,16H,3,6-7,14-15,17H2,1H3,(H2,28,34);4-13H,1-3H3,(H2,24,29);3-11H,1-2H3,(H2,22,28);2*3-11H,1-2H3,(H2,21,26). The number of amides is 6. The number of para-hydroxylation sites is 5. The molecule has 10 aromatic carbocycles. The van der Waals surface area contributed by atoms with Crippen molar-refractivity contribution in [1.82, 2.24) is 97.5 Å². The summed E-state index contributed by atoms with van der Waals surface area (Å²) < 4.78 is 9.27. The molecule has 38 heteroatoms. The van der Waals surface area contributed by atoms with Crippen LogP contribution < -0.4 is 28.7 Å². The highest BCUT2D eigenvalue weighted by Crippen LogP contribution is 2.39. The number of fused-ring (bicyclic) bond motifs is 5. The maximum Gasteiger partial charge on any atom is 0.269 e. The molecule has 0 aliphatic carbocycles. The number of aryl methyl sites for hydroxylation is 5. The summed E-state index contributed by atoms with van der Waals surface area (Å²) in [5, 5.41) is 2.68. The number of carbonyl (C=O) groups is 8. The number of thioether (sulfide) groups is 5. The third-order valence-electron chi connectivity index (χ3n) is 23.6. The van der Waals surface area contributed by atoms with Crippen LogP contribution in [0, 0.1) is 40.5 Å². The lowest BCUT2D eigenvalue weighted by atomic mass is 10.1. The van der Waals surface area contributed by atoms with Crippen LogP contribution in [-0.2, 0) is 14.4 Å². The number of nitrogens with two attached hydrogens (primary N) is 5. The topological polar surface area (TPSA) is 475 Å². The molecule has 0 atom stereocenters. The van der Waals surface area contributed by atoms with Crippen LogP contribution in [0.25, 0.3) is 141 Å². The molecule has 33 nitrogen and oxygen atoms in total. The number of carbonyl (C=O) groups excluding carboxylic acids is 8. The first-order chi connectivity index (χ1) is 71.9. The highest BCUT2D eigenvalue weighted by atomic mass is 32.2. The number of hydrogen-bond donors (Lipinski definition) is 5. The Morgan fingerprint density at radius 3 is 0.852 bits per heavy atom. The van der Waals surface area contributed by atoms with Crippen molar-refractivity contribution in [2.24, 2.45) is 34.6 Å². The summed E-state index contributed by atoms with van der Waals surface area (Å²) in [6.45, 7) is 16.7. The summed E-state index contributed by atoms with van der Waals surface area (Å²) in [7, 11) is 0. The van der Waals surface area contributed by atoms with Gasteiger partial charge in [-0.1, -0.05) is 289 Å². The summed E-state index contributed by atoms with van der Waals surface area (Å²) in [5.74, 6) is -1.41. The van der Waals surface area contributed by atoms with E-state index in [1.807, 2.05) is 353 Å². The molecule has 20 aromatic rings. The normalized spacial score (nSPS) is 11.7. The first kappa shape index (κ1) is 103. The highest BCUT2D eigenvalue weighted by Gasteiger charge is 2.31. The van der Waals surface area contributed by atoms with Crippen LogP contribution >= 0.6 is 58.8 Å². The molecule has 0 unspecified atom stereocenters. The minimum Gasteiger partial charge on any atom is -0.366 e. The number of imidazole rings is 5. The number of likely N-dealkylation sites (tertiary alicyclic amines) is 1. The first-order valence-corrected chi connectivity index (χ1v) is 52.2. The summed E-state index contributed by atoms with van der Waals surface area (Å²) in [5.41, 5.74) is 47.6. The van der Waals surface area contributed by atoms with Crippen LogP contribution in [0.3, 0.4) is 0 Å². The average molecular weight is 2070 g/mol. The van der Waals surface area contributed by atoms with Gasteiger partial charge in [0.15, 0.2) is 110 Å². The zero-order valence-electron chi connectivity index (χ0n) is 82.5. The van der Waals surface area contributed by atoms with E-state index in [0.717, 1.165) is 134 Å². The molecule has 10 N–H and O–H groups in total. The maximum atomic E-state index is 12.9. The lowest BCUT2D eigenvalue weighted by Gasteiger charge is -2.26. The molecule has 10 aromatic heterocycles. The lowest BCUT2D eigenvalue weighted by molar-refractivity contribution is -0.129. The number of piperidine rings is 1. The van der Waals surface area contributed by atoms with Crippen molar-refractivity contribution in [2.45, 2.75) is 100 Å². The van der Waals surface area contributed by atoms with E-state index < -0.39 is 29.5 Å². The van der Waals surface area contributed by atoms with Gasteiger partial charge in [0.05, 0.1) is 17.0 Å². The molecule has 746 valence electrons. The van der Waals surface area contributed by atoms with Crippen molar-refractivity contribution >= 4 is 160 Å². The van der Waals surface area contributed by atoms with Crippen LogP contribution in [0.1, 0.15) is 120 Å². The van der Waals surface area contributed by atoms with Gasteiger partial charge in [-0.15, -0.1) is 0 Å². The predicted octanol–water partition coefficient (Wildman–Crippen LogP) is 19.5. The van der Waals surface area contributed by atoms with Crippen LogP contribution in [0.5, 0.6) is 0 Å². The van der Waals surface area contributed by atoms with Gasteiger partial charge >= 0.3 is 0 Å². The summed E-state index contributed by atoms with van der Waals surface area (Å²) in [4.78, 5) is 164. The summed E-state index contributed by atoms with van der Waals surface area (Å²) in [6, 6.07) is 88.8. The molecule has 6 amide bonds. The number of hydrogen-bond acceptors (Lipinski definition) is 27. The second kappa shape index (κ2) is 46.1. The number of nitrogens with zero attached hydrogens (tertiary/aromatic N) is 20. The quantitative estimate of drug-likeness (QED) is 0.0371. The van der Waals surface area contributed by atoms with Crippen LogP contribution in [0.2, 0.25) is 0 Å². The maximum absolute atomic E-state index is 12.9. The Labute approximate surface area is 876 Å². The molecular weight excluding hydrogens is 1970 g/mol. The molecule has 0 spiro atoms. The average Bonchev–Trinajstić information content (AvgIpc) is 1.63. The SMILES string of the molecule is CC(=O)Sc1nc2c(C(N)=O)nc(-c3ccc(C)cc3)nc2n1-c1ccccc1.CSc1nc2c(C(N)=O)nc(-c3ccc(C)cc3)nc2n1-c1ccccc1.CSc1nc2c(C(N)=O)nc(-c3ccc(C)cc3)nc2n1-c1ccccc1.Cc1ccc(-c2cc(C(N)=O)c3nc(SCC(=O)N4CCCCC4)n(-c4ccccc4)c3n2)cc1.Cc1ccc(-c2nc(C(N)=O)c3nc(SC(=O)C(C)C)n(-c4ccccc4)c3n2)cc1. The van der Waals surface area contributed by atoms with Crippen molar-refractivity contribution in [3.05, 3.63) is 335 Å². The van der Waals surface area contributed by atoms with Crippen molar-refractivity contribution < 1.29 is 38.4 Å². The fraction of sp³-hybridized carbons (Fsp3) is 0.153. The number of pyridine rings is 1. The Kier molecular flexibility index (Phi) is 32.0. The molecule has 1 fully saturated rings. The molecule has 0 saturated carbocycles. The van der Waals surface area contributed by atoms with Gasteiger partial charge in [-0.3, -0.25) is 61.2 Å². The molecule has 11 heterocycles. The second-order valence-corrected chi connectivity index (χ2v) is 39.4. The third-order valence-corrected chi connectivity index (χ3v) is 27.7. The van der Waals surface area contributed by atoms with E-state index in [2.05, 4.69) is 44.9 Å². The van der Waals surface area contributed by atoms with Gasteiger partial charge in [0.1, 0.15) is 27.6 Å². The Balaban J connectivity index is 0.000000127. The van der Waals surface area contributed by atoms with Gasteiger partial charge in [-0.05, 0) is 157 Å². The molecule has 1 aliphatic rings. The first-order valence-electron chi connectivity index (χ1n) is 47.1. The Morgan fingerprint density at radius 1 is 0.302 bits per heavy atom. The van der Waals surface area contributed by atoms with Gasteiger partial charge in [-0.25, -0.2) is 69.8 Å². The third kappa shape index (κ3) is 23.3. The van der Waals surface area contributed by atoms with E-state index in [9.17, 15) is 38.4 Å². The zero-order chi connectivity index (χ0) is 105. The largest absolute Gasteiger partial charge is 0.366 e. The molecule has 149 heavy (non-hydrogen) atoms. The van der Waals surface area contributed by atoms with Gasteiger partial charge in [0, 0.05) is 82.2 Å². The van der Waals surface area contributed by atoms with Crippen LogP contribution in [0.15, 0.2) is 305 Å². The molecule has 0 bridgehead atoms. The minimum absolute atomic E-state index is 0.0191. The number of rotatable bonds is 23. The molecular formula is C111H99N25O8S5. The highest BCUT2D eigenvalue weighted by molar-refractivity contribution is 8.13. The van der Waals surface area contributed by atoms with E-state index in [1.165, 1.54) is 48.6 Å². The van der Waals surface area contributed by atoms with Crippen molar-refractivity contribution in [2.75, 3.05) is 31.4 Å². The fourth-order valence-corrected chi connectivity index (χ4v) is 19.6. The summed E-state index contributed by atoms with van der Waals surface area (Å²) in [6.07, 6.45) is 7.13. The summed E-state index contributed by atoms with van der Waals surface area (Å²) >= 11 is 6.28. The Bertz CT molecular complexity index is 8260. The van der Waals surface area contributed by atoms with E-state index in [0.29, 0.717) is 105 Å².